The maximum Gasteiger partial charge on any atom is 0.226 e. The van der Waals surface area contributed by atoms with Crippen LogP contribution in [0.2, 0.25) is 0 Å². The van der Waals surface area contributed by atoms with Gasteiger partial charge in [0.15, 0.2) is 11.6 Å². The third-order valence-corrected chi connectivity index (χ3v) is 5.55. The summed E-state index contributed by atoms with van der Waals surface area (Å²) in [6.45, 7) is 2.52. The highest BCUT2D eigenvalue weighted by Gasteiger charge is 2.28. The van der Waals surface area contributed by atoms with Crippen molar-refractivity contribution >= 4 is 0 Å². The Bertz CT molecular complexity index is 1460. The van der Waals surface area contributed by atoms with Gasteiger partial charge in [-0.15, -0.1) is 10.2 Å². The summed E-state index contributed by atoms with van der Waals surface area (Å²) in [6.07, 6.45) is 2.31. The van der Waals surface area contributed by atoms with E-state index >= 15 is 0 Å². The normalized spacial score (nSPS) is 12.1. The highest BCUT2D eigenvalue weighted by Crippen LogP contribution is 2.35. The molecule has 0 aliphatic carbocycles. The van der Waals surface area contributed by atoms with E-state index in [1.165, 1.54) is 12.1 Å². The maximum absolute atomic E-state index is 14.2. The molecule has 9 nitrogen and oxygen atoms in total. The molecule has 1 aliphatic rings. The molecule has 164 valence electrons. The van der Waals surface area contributed by atoms with Crippen LogP contribution in [0, 0.1) is 5.82 Å². The van der Waals surface area contributed by atoms with Gasteiger partial charge in [0.1, 0.15) is 30.2 Å². The van der Waals surface area contributed by atoms with E-state index in [9.17, 15) is 4.39 Å². The van der Waals surface area contributed by atoms with Crippen LogP contribution in [-0.2, 0) is 19.6 Å². The number of fused-ring (bicyclic) bond motifs is 5. The molecule has 2 aromatic carbocycles. The van der Waals surface area contributed by atoms with Gasteiger partial charge in [-0.25, -0.2) is 9.37 Å². The van der Waals surface area contributed by atoms with Crippen molar-refractivity contribution in [1.82, 2.24) is 34.5 Å². The number of aryl methyl sites for hydroxylation is 1. The average Bonchev–Trinajstić information content (AvgIpc) is 3.56. The van der Waals surface area contributed by atoms with E-state index in [2.05, 4.69) is 25.3 Å². The summed E-state index contributed by atoms with van der Waals surface area (Å²) in [5.74, 6) is 2.45. The van der Waals surface area contributed by atoms with Crippen molar-refractivity contribution in [3.63, 3.8) is 0 Å². The van der Waals surface area contributed by atoms with Gasteiger partial charge in [0.25, 0.3) is 0 Å². The van der Waals surface area contributed by atoms with Crippen molar-refractivity contribution in [3.05, 3.63) is 78.1 Å². The van der Waals surface area contributed by atoms with Crippen LogP contribution in [0.1, 0.15) is 24.3 Å². The van der Waals surface area contributed by atoms with Crippen LogP contribution in [0.4, 0.5) is 4.39 Å². The second-order valence-electron chi connectivity index (χ2n) is 7.56. The summed E-state index contributed by atoms with van der Waals surface area (Å²) in [5, 5.41) is 12.8. The number of aromatic nitrogens is 7. The fourth-order valence-electron chi connectivity index (χ4n) is 3.93. The summed E-state index contributed by atoms with van der Waals surface area (Å²) in [4.78, 5) is 9.00. The highest BCUT2D eigenvalue weighted by molar-refractivity contribution is 5.71. The molecular formula is C23H18FN7O2. The van der Waals surface area contributed by atoms with Gasteiger partial charge >= 0.3 is 0 Å². The Kier molecular flexibility index (Phi) is 4.49. The molecule has 0 radical (unpaired) electrons. The second-order valence-corrected chi connectivity index (χ2v) is 7.56. The van der Waals surface area contributed by atoms with Gasteiger partial charge in [0, 0.05) is 12.0 Å². The zero-order valence-electron chi connectivity index (χ0n) is 17.6. The predicted molar refractivity (Wildman–Crippen MR) is 115 cm³/mol. The molecule has 3 aromatic heterocycles. The summed E-state index contributed by atoms with van der Waals surface area (Å²) < 4.78 is 29.3. The van der Waals surface area contributed by atoms with Crippen molar-refractivity contribution in [1.29, 1.82) is 0 Å². The Morgan fingerprint density at radius 2 is 2.00 bits per heavy atom. The Morgan fingerprint density at radius 1 is 1.12 bits per heavy atom. The number of halogens is 1. The van der Waals surface area contributed by atoms with Crippen molar-refractivity contribution in [2.75, 3.05) is 0 Å². The van der Waals surface area contributed by atoms with Gasteiger partial charge in [-0.05, 0) is 30.3 Å². The average molecular weight is 443 g/mol. The van der Waals surface area contributed by atoms with E-state index in [4.69, 9.17) is 9.26 Å². The smallest absolute Gasteiger partial charge is 0.226 e. The molecular weight excluding hydrogens is 425 g/mol. The minimum Gasteiger partial charge on any atom is -0.486 e. The fraction of sp³-hybridized carbons (Fsp3) is 0.174. The van der Waals surface area contributed by atoms with Crippen LogP contribution < -0.4 is 4.74 Å². The molecule has 0 spiro atoms. The van der Waals surface area contributed by atoms with Crippen LogP contribution in [0.5, 0.6) is 5.75 Å². The van der Waals surface area contributed by atoms with Crippen LogP contribution in [0.15, 0.2) is 59.4 Å². The molecule has 1 aliphatic heterocycles. The van der Waals surface area contributed by atoms with Gasteiger partial charge in [-0.3, -0.25) is 4.57 Å². The predicted octanol–water partition coefficient (Wildman–Crippen LogP) is 3.82. The van der Waals surface area contributed by atoms with Crippen molar-refractivity contribution in [2.45, 2.75) is 26.5 Å². The molecule has 10 heteroatoms. The first kappa shape index (κ1) is 19.4. The first-order valence-corrected chi connectivity index (χ1v) is 10.5. The number of hydrogen-bond donors (Lipinski definition) is 0. The SMILES string of the molecule is CCc1nc(-c2ncn3c2Cn2c(COc4ccccc4)nnc2-c2cc(F)ccc2-3)no1. The zero-order valence-corrected chi connectivity index (χ0v) is 17.6. The topological polar surface area (TPSA) is 96.7 Å². The number of hydrogen-bond acceptors (Lipinski definition) is 7. The molecule has 0 atom stereocenters. The van der Waals surface area contributed by atoms with Gasteiger partial charge in [-0.1, -0.05) is 30.3 Å². The van der Waals surface area contributed by atoms with Crippen molar-refractivity contribution in [2.24, 2.45) is 0 Å². The third kappa shape index (κ3) is 3.27. The minimum absolute atomic E-state index is 0.202. The second kappa shape index (κ2) is 7.66. The molecule has 33 heavy (non-hydrogen) atoms. The van der Waals surface area contributed by atoms with Crippen LogP contribution >= 0.6 is 0 Å². The molecule has 0 saturated heterocycles. The Hall–Kier alpha value is -4.34. The Balaban J connectivity index is 1.48. The molecule has 0 N–H and O–H groups in total. The van der Waals surface area contributed by atoms with Crippen LogP contribution in [-0.4, -0.2) is 34.5 Å². The van der Waals surface area contributed by atoms with Gasteiger partial charge in [-0.2, -0.15) is 4.98 Å². The number of imidazole rings is 1. The van der Waals surface area contributed by atoms with Crippen molar-refractivity contribution in [3.8, 4) is 34.3 Å². The third-order valence-electron chi connectivity index (χ3n) is 5.55. The monoisotopic (exact) mass is 443 g/mol. The highest BCUT2D eigenvalue weighted by atomic mass is 19.1. The summed E-state index contributed by atoms with van der Waals surface area (Å²) in [7, 11) is 0. The summed E-state index contributed by atoms with van der Waals surface area (Å²) in [5.41, 5.74) is 2.75. The molecule has 0 fully saturated rings. The lowest BCUT2D eigenvalue weighted by atomic mass is 10.1. The zero-order chi connectivity index (χ0) is 22.4. The lowest BCUT2D eigenvalue weighted by Gasteiger charge is -2.10. The molecule has 0 unspecified atom stereocenters. The standard InChI is InChI=1S/C23H18FN7O2/c1-2-20-26-22(29-33-20)21-18-11-30-19(12-32-15-6-4-3-5-7-15)27-28-23(30)16-10-14(24)8-9-17(16)31(18)13-25-21/h3-10,13H,2,11-12H2,1H3. The maximum atomic E-state index is 14.2. The number of ether oxygens (including phenoxy) is 1. The van der Waals surface area contributed by atoms with E-state index < -0.39 is 0 Å². The lowest BCUT2D eigenvalue weighted by molar-refractivity contribution is 0.290. The van der Waals surface area contributed by atoms with E-state index in [1.54, 1.807) is 12.4 Å². The van der Waals surface area contributed by atoms with E-state index in [0.29, 0.717) is 47.6 Å². The van der Waals surface area contributed by atoms with Gasteiger partial charge in [0.2, 0.25) is 11.7 Å². The van der Waals surface area contributed by atoms with E-state index in [-0.39, 0.29) is 12.4 Å². The van der Waals surface area contributed by atoms with Gasteiger partial charge < -0.3 is 13.8 Å². The lowest BCUT2D eigenvalue weighted by Crippen LogP contribution is -2.10. The molecule has 0 amide bonds. The molecule has 5 aromatic rings. The molecule has 4 heterocycles. The quantitative estimate of drug-likeness (QED) is 0.400. The van der Waals surface area contributed by atoms with E-state index in [1.807, 2.05) is 46.4 Å². The number of rotatable bonds is 5. The summed E-state index contributed by atoms with van der Waals surface area (Å²) in [6, 6.07) is 14.0. The van der Waals surface area contributed by atoms with Crippen LogP contribution in [0.25, 0.3) is 28.6 Å². The first-order valence-electron chi connectivity index (χ1n) is 10.5. The van der Waals surface area contributed by atoms with E-state index in [0.717, 1.165) is 17.1 Å². The fourth-order valence-corrected chi connectivity index (χ4v) is 3.93. The first-order chi connectivity index (χ1) is 16.2. The summed E-state index contributed by atoms with van der Waals surface area (Å²) >= 11 is 0. The minimum atomic E-state index is -0.361. The Morgan fingerprint density at radius 3 is 2.82 bits per heavy atom. The number of para-hydroxylation sites is 1. The molecule has 6 rings (SSSR count). The molecule has 0 bridgehead atoms. The molecule has 0 saturated carbocycles. The van der Waals surface area contributed by atoms with Crippen LogP contribution in [0.3, 0.4) is 0 Å². The number of nitrogens with zero attached hydrogens (tertiary/aromatic N) is 7. The number of benzene rings is 2. The van der Waals surface area contributed by atoms with Gasteiger partial charge in [0.05, 0.1) is 17.9 Å². The van der Waals surface area contributed by atoms with Crippen molar-refractivity contribution < 1.29 is 13.7 Å². The largest absolute Gasteiger partial charge is 0.486 e. The Labute approximate surface area is 187 Å².